The van der Waals surface area contributed by atoms with E-state index in [1.54, 1.807) is 7.11 Å². The Kier molecular flexibility index (Phi) is 13.9. The monoisotopic (exact) mass is 316 g/mol. The highest BCUT2D eigenvalue weighted by Gasteiger charge is 2.26. The zero-order chi connectivity index (χ0) is 15.1. The molecule has 0 saturated carbocycles. The molecule has 0 aliphatic rings. The molecule has 0 aromatic heterocycles. The summed E-state index contributed by atoms with van der Waals surface area (Å²) < 4.78 is 47.2. The molecule has 0 radical (unpaired) electrons. The molecule has 8 nitrogen and oxygen atoms in total. The molecule has 0 atom stereocenters. The van der Waals surface area contributed by atoms with Crippen LogP contribution in [0.1, 0.15) is 0 Å². The summed E-state index contributed by atoms with van der Waals surface area (Å²) in [6.07, 6.45) is 0. The van der Waals surface area contributed by atoms with Crippen molar-refractivity contribution < 1.29 is 37.1 Å². The van der Waals surface area contributed by atoms with Gasteiger partial charge in [0.05, 0.1) is 52.9 Å². The van der Waals surface area contributed by atoms with Gasteiger partial charge in [-0.3, -0.25) is 13.6 Å². The molecule has 122 valence electrons. The lowest BCUT2D eigenvalue weighted by Gasteiger charge is -2.17. The van der Waals surface area contributed by atoms with Crippen molar-refractivity contribution >= 4 is 7.82 Å². The first-order chi connectivity index (χ1) is 9.68. The van der Waals surface area contributed by atoms with Crippen LogP contribution in [0.25, 0.3) is 0 Å². The van der Waals surface area contributed by atoms with Gasteiger partial charge < -0.3 is 18.9 Å². The first-order valence-electron chi connectivity index (χ1n) is 6.26. The Balaban J connectivity index is 3.93. The molecule has 0 bridgehead atoms. The largest absolute Gasteiger partial charge is 0.475 e. The van der Waals surface area contributed by atoms with E-state index in [9.17, 15) is 4.57 Å². The molecule has 0 amide bonds. The molecule has 0 N–H and O–H groups in total. The minimum absolute atomic E-state index is 0.0982. The number of hydrogen-bond donors (Lipinski definition) is 0. The zero-order valence-corrected chi connectivity index (χ0v) is 13.3. The summed E-state index contributed by atoms with van der Waals surface area (Å²) in [6, 6.07) is 0. The van der Waals surface area contributed by atoms with Crippen LogP contribution in [0, 0.1) is 0 Å². The van der Waals surface area contributed by atoms with Crippen LogP contribution in [-0.2, 0) is 37.1 Å². The number of ether oxygens (including phenoxy) is 4. The molecule has 0 aliphatic carbocycles. The van der Waals surface area contributed by atoms with E-state index >= 15 is 0 Å². The number of methoxy groups -OCH3 is 3. The Hall–Kier alpha value is -0.0500. The fourth-order valence-corrected chi connectivity index (χ4v) is 2.15. The van der Waals surface area contributed by atoms with Gasteiger partial charge in [0, 0.05) is 21.3 Å². The summed E-state index contributed by atoms with van der Waals surface area (Å²) in [5.74, 6) is 0. The Labute approximate surface area is 120 Å². The molecule has 0 fully saturated rings. The van der Waals surface area contributed by atoms with Gasteiger partial charge in [-0.2, -0.15) is 0 Å². The molecule has 0 aromatic carbocycles. The van der Waals surface area contributed by atoms with Crippen molar-refractivity contribution in [3.8, 4) is 0 Å². The number of phosphoric acid groups is 1. The van der Waals surface area contributed by atoms with Gasteiger partial charge in [-0.1, -0.05) is 0 Å². The summed E-state index contributed by atoms with van der Waals surface area (Å²) >= 11 is 0. The van der Waals surface area contributed by atoms with Crippen molar-refractivity contribution in [1.29, 1.82) is 0 Å². The molecule has 0 spiro atoms. The minimum Gasteiger partial charge on any atom is -0.382 e. The zero-order valence-electron chi connectivity index (χ0n) is 12.4. The lowest BCUT2D eigenvalue weighted by molar-refractivity contribution is 0.0312. The van der Waals surface area contributed by atoms with E-state index in [0.29, 0.717) is 26.4 Å². The normalized spacial score (nSPS) is 11.9. The summed E-state index contributed by atoms with van der Waals surface area (Å²) in [7, 11) is 1.02. The van der Waals surface area contributed by atoms with Crippen molar-refractivity contribution in [2.45, 2.75) is 0 Å². The van der Waals surface area contributed by atoms with Crippen molar-refractivity contribution in [2.75, 3.05) is 74.2 Å². The Morgan fingerprint density at radius 2 is 0.950 bits per heavy atom. The van der Waals surface area contributed by atoms with Gasteiger partial charge in [0.15, 0.2) is 0 Å². The summed E-state index contributed by atoms with van der Waals surface area (Å²) in [6.45, 7) is 2.13. The smallest absolute Gasteiger partial charge is 0.382 e. The Morgan fingerprint density at radius 1 is 0.600 bits per heavy atom. The fourth-order valence-electron chi connectivity index (χ4n) is 1.03. The van der Waals surface area contributed by atoms with E-state index < -0.39 is 7.82 Å². The Bertz CT molecular complexity index is 237. The van der Waals surface area contributed by atoms with Gasteiger partial charge in [0.2, 0.25) is 0 Å². The number of hydrogen-bond acceptors (Lipinski definition) is 8. The van der Waals surface area contributed by atoms with Gasteiger partial charge in [-0.15, -0.1) is 0 Å². The average molecular weight is 316 g/mol. The van der Waals surface area contributed by atoms with Crippen LogP contribution in [0.5, 0.6) is 0 Å². The summed E-state index contributed by atoms with van der Waals surface area (Å²) in [5, 5.41) is 0. The predicted molar refractivity (Wildman–Crippen MR) is 71.9 cm³/mol. The maximum Gasteiger partial charge on any atom is 0.475 e. The van der Waals surface area contributed by atoms with E-state index in [2.05, 4.69) is 0 Å². The predicted octanol–water partition coefficient (Wildman–Crippen LogP) is 1.10. The van der Waals surface area contributed by atoms with E-state index in [4.69, 9.17) is 32.5 Å². The van der Waals surface area contributed by atoms with E-state index in [0.717, 1.165) is 0 Å². The van der Waals surface area contributed by atoms with Crippen molar-refractivity contribution in [3.63, 3.8) is 0 Å². The maximum absolute atomic E-state index is 12.2. The van der Waals surface area contributed by atoms with Crippen molar-refractivity contribution in [3.05, 3.63) is 0 Å². The van der Waals surface area contributed by atoms with Gasteiger partial charge in [0.1, 0.15) is 0 Å². The number of rotatable bonds is 15. The minimum atomic E-state index is -3.61. The van der Waals surface area contributed by atoms with Crippen molar-refractivity contribution in [2.24, 2.45) is 0 Å². The van der Waals surface area contributed by atoms with Crippen LogP contribution >= 0.6 is 7.82 Å². The molecule has 0 unspecified atom stereocenters. The highest BCUT2D eigenvalue weighted by molar-refractivity contribution is 7.48. The third-order valence-corrected chi connectivity index (χ3v) is 3.48. The second-order valence-corrected chi connectivity index (χ2v) is 5.21. The number of phosphoric ester groups is 1. The van der Waals surface area contributed by atoms with Crippen molar-refractivity contribution in [1.82, 2.24) is 0 Å². The molecule has 0 saturated heterocycles. The molecule has 0 rings (SSSR count). The van der Waals surface area contributed by atoms with Crippen LogP contribution < -0.4 is 0 Å². The van der Waals surface area contributed by atoms with Crippen LogP contribution in [-0.4, -0.2) is 74.2 Å². The first kappa shape index (κ1) is 19.9. The third-order valence-electron chi connectivity index (χ3n) is 1.98. The topological polar surface area (TPSA) is 81.7 Å². The second kappa shape index (κ2) is 13.9. The highest BCUT2D eigenvalue weighted by atomic mass is 31.2. The molecule has 0 heterocycles. The SMILES string of the molecule is COCCOCCOP(=O)(OCCOC)OCCOC. The van der Waals surface area contributed by atoms with E-state index in [1.165, 1.54) is 14.2 Å². The highest BCUT2D eigenvalue weighted by Crippen LogP contribution is 2.49. The molecule has 20 heavy (non-hydrogen) atoms. The first-order valence-corrected chi connectivity index (χ1v) is 7.73. The van der Waals surface area contributed by atoms with Crippen LogP contribution in [0.3, 0.4) is 0 Å². The van der Waals surface area contributed by atoms with E-state index in [-0.39, 0.29) is 26.4 Å². The van der Waals surface area contributed by atoms with Gasteiger partial charge in [0.25, 0.3) is 0 Å². The van der Waals surface area contributed by atoms with Crippen LogP contribution in [0.15, 0.2) is 0 Å². The summed E-state index contributed by atoms with van der Waals surface area (Å²) in [5.41, 5.74) is 0. The van der Waals surface area contributed by atoms with Crippen LogP contribution in [0.2, 0.25) is 0 Å². The maximum atomic E-state index is 12.2. The molecule has 9 heteroatoms. The lowest BCUT2D eigenvalue weighted by Crippen LogP contribution is -2.12. The molecule has 0 aliphatic heterocycles. The molecule has 0 aromatic rings. The molecular formula is C11H25O8P. The average Bonchev–Trinajstić information content (AvgIpc) is 2.43. The molecular weight excluding hydrogens is 291 g/mol. The quantitative estimate of drug-likeness (QED) is 0.328. The van der Waals surface area contributed by atoms with E-state index in [1.807, 2.05) is 0 Å². The summed E-state index contributed by atoms with van der Waals surface area (Å²) in [4.78, 5) is 0. The standard InChI is InChI=1S/C11H25O8P/c1-13-4-7-16-8-11-19-20(12,17-9-5-14-2)18-10-6-15-3/h4-11H2,1-3H3. The second-order valence-electron chi connectivity index (χ2n) is 3.54. The van der Waals surface area contributed by atoms with Gasteiger partial charge in [-0.25, -0.2) is 4.57 Å². The van der Waals surface area contributed by atoms with Crippen LogP contribution in [0.4, 0.5) is 0 Å². The van der Waals surface area contributed by atoms with Gasteiger partial charge in [-0.05, 0) is 0 Å². The van der Waals surface area contributed by atoms with Gasteiger partial charge >= 0.3 is 7.82 Å². The lowest BCUT2D eigenvalue weighted by atomic mass is 10.7. The fraction of sp³-hybridized carbons (Fsp3) is 1.00. The Morgan fingerprint density at radius 3 is 1.40 bits per heavy atom. The third kappa shape index (κ3) is 11.7.